The molecule has 2 N–H and O–H groups in total. The molecule has 5 heteroatoms. The summed E-state index contributed by atoms with van der Waals surface area (Å²) in [4.78, 5) is 16.6. The maximum Gasteiger partial charge on any atom is 0.251 e. The van der Waals surface area contributed by atoms with Crippen molar-refractivity contribution in [2.45, 2.75) is 32.2 Å². The number of rotatable bonds is 3. The number of ether oxygens (including phenoxy) is 1. The summed E-state index contributed by atoms with van der Waals surface area (Å²) in [5.41, 5.74) is 1.30. The lowest BCUT2D eigenvalue weighted by atomic mass is 9.92. The third-order valence-corrected chi connectivity index (χ3v) is 3.48. The Hall–Kier alpha value is -1.62. The van der Waals surface area contributed by atoms with Crippen LogP contribution < -0.4 is 10.6 Å². The maximum absolute atomic E-state index is 12.3. The van der Waals surface area contributed by atoms with Crippen LogP contribution in [0.25, 0.3) is 0 Å². The Morgan fingerprint density at radius 3 is 2.68 bits per heavy atom. The van der Waals surface area contributed by atoms with Crippen LogP contribution in [0.3, 0.4) is 0 Å². The van der Waals surface area contributed by atoms with Gasteiger partial charge in [-0.2, -0.15) is 0 Å². The number of amides is 1. The van der Waals surface area contributed by atoms with Crippen LogP contribution in [0.5, 0.6) is 0 Å². The van der Waals surface area contributed by atoms with E-state index in [-0.39, 0.29) is 11.4 Å². The Kier molecular flexibility index (Phi) is 4.04. The average molecular weight is 263 g/mol. The highest BCUT2D eigenvalue weighted by Crippen LogP contribution is 2.20. The van der Waals surface area contributed by atoms with Gasteiger partial charge < -0.3 is 15.4 Å². The minimum absolute atomic E-state index is 0.0496. The molecule has 1 aliphatic rings. The highest BCUT2D eigenvalue weighted by Gasteiger charge is 2.29. The summed E-state index contributed by atoms with van der Waals surface area (Å²) in [7, 11) is 1.79. The lowest BCUT2D eigenvalue weighted by Gasteiger charge is -2.34. The van der Waals surface area contributed by atoms with Crippen molar-refractivity contribution in [2.75, 3.05) is 25.6 Å². The number of hydrogen-bond donors (Lipinski definition) is 2. The van der Waals surface area contributed by atoms with Crippen molar-refractivity contribution in [2.24, 2.45) is 0 Å². The molecular formula is C14H21N3O2. The third kappa shape index (κ3) is 3.44. The molecule has 0 atom stereocenters. The molecule has 1 saturated heterocycles. The van der Waals surface area contributed by atoms with E-state index < -0.39 is 0 Å². The van der Waals surface area contributed by atoms with Crippen molar-refractivity contribution in [3.05, 3.63) is 23.4 Å². The second kappa shape index (κ2) is 5.57. The number of carbonyl (C=O) groups is 1. The monoisotopic (exact) mass is 263 g/mol. The molecule has 5 nitrogen and oxygen atoms in total. The summed E-state index contributed by atoms with van der Waals surface area (Å²) in [5.74, 6) is 0.661. The first-order valence-corrected chi connectivity index (χ1v) is 6.59. The maximum atomic E-state index is 12.3. The smallest absolute Gasteiger partial charge is 0.251 e. The lowest BCUT2D eigenvalue weighted by Crippen LogP contribution is -2.49. The van der Waals surface area contributed by atoms with Gasteiger partial charge in [0.25, 0.3) is 5.91 Å². The molecule has 104 valence electrons. The number of nitrogens with zero attached hydrogens (tertiary/aromatic N) is 1. The van der Waals surface area contributed by atoms with Crippen LogP contribution in [-0.2, 0) is 4.74 Å². The van der Waals surface area contributed by atoms with Gasteiger partial charge in [-0.15, -0.1) is 0 Å². The number of nitrogens with one attached hydrogen (secondary N) is 2. The van der Waals surface area contributed by atoms with Crippen molar-refractivity contribution >= 4 is 11.7 Å². The zero-order chi connectivity index (χ0) is 13.9. The molecule has 1 fully saturated rings. The quantitative estimate of drug-likeness (QED) is 0.871. The van der Waals surface area contributed by atoms with Gasteiger partial charge in [0, 0.05) is 37.1 Å². The minimum Gasteiger partial charge on any atom is -0.381 e. The number of pyridine rings is 1. The van der Waals surface area contributed by atoms with Gasteiger partial charge in [-0.3, -0.25) is 4.79 Å². The van der Waals surface area contributed by atoms with Gasteiger partial charge >= 0.3 is 0 Å². The van der Waals surface area contributed by atoms with Crippen LogP contribution >= 0.6 is 0 Å². The molecular weight excluding hydrogens is 242 g/mol. The first-order chi connectivity index (χ1) is 9.02. The Balaban J connectivity index is 2.13. The standard InChI is InChI=1S/C14H21N3O2/c1-10-8-11(9-12(15-3)16-10)13(18)17-14(2)4-6-19-7-5-14/h8-9H,4-7H2,1-3H3,(H,15,16)(H,17,18). The first kappa shape index (κ1) is 13.8. The molecule has 2 rings (SSSR count). The summed E-state index contributed by atoms with van der Waals surface area (Å²) in [6, 6.07) is 3.57. The molecule has 0 aromatic carbocycles. The van der Waals surface area contributed by atoms with Crippen LogP contribution in [-0.4, -0.2) is 36.7 Å². The summed E-state index contributed by atoms with van der Waals surface area (Å²) < 4.78 is 5.34. The number of anilines is 1. The SMILES string of the molecule is CNc1cc(C(=O)NC2(C)CCOCC2)cc(C)n1. The number of aromatic nitrogens is 1. The average Bonchev–Trinajstić information content (AvgIpc) is 2.38. The van der Waals surface area contributed by atoms with Crippen molar-refractivity contribution in [1.82, 2.24) is 10.3 Å². The topological polar surface area (TPSA) is 63.2 Å². The van der Waals surface area contributed by atoms with Crippen LogP contribution in [0, 0.1) is 6.92 Å². The molecule has 0 bridgehead atoms. The molecule has 1 aromatic heterocycles. The summed E-state index contributed by atoms with van der Waals surface area (Å²) in [5, 5.41) is 6.08. The second-order valence-corrected chi connectivity index (χ2v) is 5.26. The molecule has 2 heterocycles. The lowest BCUT2D eigenvalue weighted by molar-refractivity contribution is 0.0423. The molecule has 0 spiro atoms. The molecule has 0 saturated carbocycles. The van der Waals surface area contributed by atoms with Crippen LogP contribution in [0.1, 0.15) is 35.8 Å². The summed E-state index contributed by atoms with van der Waals surface area (Å²) in [6.07, 6.45) is 1.70. The highest BCUT2D eigenvalue weighted by molar-refractivity contribution is 5.95. The van der Waals surface area contributed by atoms with Crippen molar-refractivity contribution < 1.29 is 9.53 Å². The van der Waals surface area contributed by atoms with E-state index in [0.717, 1.165) is 18.5 Å². The van der Waals surface area contributed by atoms with Gasteiger partial charge in [0.2, 0.25) is 0 Å². The fraction of sp³-hybridized carbons (Fsp3) is 0.571. The number of carbonyl (C=O) groups excluding carboxylic acids is 1. The number of hydrogen-bond acceptors (Lipinski definition) is 4. The largest absolute Gasteiger partial charge is 0.381 e. The fourth-order valence-electron chi connectivity index (χ4n) is 2.22. The van der Waals surface area contributed by atoms with E-state index >= 15 is 0 Å². The van der Waals surface area contributed by atoms with Crippen LogP contribution in [0.2, 0.25) is 0 Å². The van der Waals surface area contributed by atoms with E-state index in [0.29, 0.717) is 24.6 Å². The zero-order valence-corrected chi connectivity index (χ0v) is 11.7. The van der Waals surface area contributed by atoms with Gasteiger partial charge in [-0.05, 0) is 38.8 Å². The van der Waals surface area contributed by atoms with E-state index in [1.807, 2.05) is 6.92 Å². The summed E-state index contributed by atoms with van der Waals surface area (Å²) >= 11 is 0. The number of aryl methyl sites for hydroxylation is 1. The molecule has 0 aliphatic carbocycles. The molecule has 1 aliphatic heterocycles. The van der Waals surface area contributed by atoms with Gasteiger partial charge in [0.15, 0.2) is 0 Å². The predicted octanol–water partition coefficient (Wildman–Crippen LogP) is 1.73. The minimum atomic E-state index is -0.174. The highest BCUT2D eigenvalue weighted by atomic mass is 16.5. The third-order valence-electron chi connectivity index (χ3n) is 3.48. The summed E-state index contributed by atoms with van der Waals surface area (Å²) in [6.45, 7) is 5.36. The van der Waals surface area contributed by atoms with Crippen molar-refractivity contribution in [1.29, 1.82) is 0 Å². The van der Waals surface area contributed by atoms with Gasteiger partial charge in [-0.25, -0.2) is 4.98 Å². The Morgan fingerprint density at radius 1 is 1.37 bits per heavy atom. The van der Waals surface area contributed by atoms with E-state index in [4.69, 9.17) is 4.74 Å². The van der Waals surface area contributed by atoms with Crippen molar-refractivity contribution in [3.8, 4) is 0 Å². The molecule has 19 heavy (non-hydrogen) atoms. The van der Waals surface area contributed by atoms with Gasteiger partial charge in [0.05, 0.1) is 0 Å². The van der Waals surface area contributed by atoms with Gasteiger partial charge in [0.1, 0.15) is 5.82 Å². The zero-order valence-electron chi connectivity index (χ0n) is 11.7. The fourth-order valence-corrected chi connectivity index (χ4v) is 2.22. The Morgan fingerprint density at radius 2 is 2.05 bits per heavy atom. The molecule has 1 amide bonds. The van der Waals surface area contributed by atoms with Crippen molar-refractivity contribution in [3.63, 3.8) is 0 Å². The van der Waals surface area contributed by atoms with Gasteiger partial charge in [-0.1, -0.05) is 0 Å². The predicted molar refractivity (Wildman–Crippen MR) is 74.4 cm³/mol. The molecule has 1 aromatic rings. The van der Waals surface area contributed by atoms with Crippen LogP contribution in [0.4, 0.5) is 5.82 Å². The van der Waals surface area contributed by atoms with E-state index in [1.54, 1.807) is 19.2 Å². The normalized spacial score (nSPS) is 17.8. The van der Waals surface area contributed by atoms with Crippen LogP contribution in [0.15, 0.2) is 12.1 Å². The van der Waals surface area contributed by atoms with E-state index in [9.17, 15) is 4.79 Å². The second-order valence-electron chi connectivity index (χ2n) is 5.26. The first-order valence-electron chi connectivity index (χ1n) is 6.59. The van der Waals surface area contributed by atoms with E-state index in [2.05, 4.69) is 22.5 Å². The molecule has 0 radical (unpaired) electrons. The molecule has 0 unspecified atom stereocenters. The van der Waals surface area contributed by atoms with E-state index in [1.165, 1.54) is 0 Å². The Bertz CT molecular complexity index is 468. The Labute approximate surface area is 113 Å².